The molecule has 0 amide bonds. The van der Waals surface area contributed by atoms with Crippen molar-refractivity contribution in [3.8, 4) is 11.3 Å². The molecule has 2 N–H and O–H groups in total. The molecule has 0 aliphatic carbocycles. The topological polar surface area (TPSA) is 116 Å². The van der Waals surface area contributed by atoms with Crippen molar-refractivity contribution in [1.29, 1.82) is 0 Å². The lowest BCUT2D eigenvalue weighted by Crippen LogP contribution is -2.57. The second-order valence-corrected chi connectivity index (χ2v) is 9.76. The Kier molecular flexibility index (Phi) is 6.86. The predicted octanol–water partition coefficient (Wildman–Crippen LogP) is 2.60. The van der Waals surface area contributed by atoms with Gasteiger partial charge in [-0.3, -0.25) is 0 Å². The van der Waals surface area contributed by atoms with Crippen LogP contribution in [0.4, 0.5) is 4.39 Å². The monoisotopic (exact) mass is 474 g/mol. The third-order valence-corrected chi connectivity index (χ3v) is 6.23. The molecule has 0 saturated carbocycles. The number of halogens is 1. The highest BCUT2D eigenvalue weighted by atomic mass is 19.1. The molecule has 9 nitrogen and oxygen atoms in total. The van der Waals surface area contributed by atoms with Crippen LogP contribution in [0.3, 0.4) is 0 Å². The molecule has 3 aromatic rings. The van der Waals surface area contributed by atoms with Crippen molar-refractivity contribution in [2.24, 2.45) is 0 Å². The van der Waals surface area contributed by atoms with E-state index in [1.165, 1.54) is 17.9 Å². The van der Waals surface area contributed by atoms with Gasteiger partial charge in [-0.2, -0.15) is 0 Å². The molecule has 1 aromatic carbocycles. The lowest BCUT2D eigenvalue weighted by molar-refractivity contribution is -0.212. The minimum atomic E-state index is -1.11. The molecule has 5 atom stereocenters. The first-order valence-electron chi connectivity index (χ1n) is 11.2. The number of benzene rings is 1. The number of aromatic nitrogens is 4. The van der Waals surface area contributed by atoms with Crippen molar-refractivity contribution in [2.75, 3.05) is 13.7 Å². The van der Waals surface area contributed by atoms with E-state index in [2.05, 4.69) is 15.5 Å². The molecule has 0 bridgehead atoms. The van der Waals surface area contributed by atoms with Crippen LogP contribution in [0.2, 0.25) is 0 Å². The Balaban J connectivity index is 1.63. The quantitative estimate of drug-likeness (QED) is 0.560. The van der Waals surface area contributed by atoms with Crippen LogP contribution in [0.1, 0.15) is 43.8 Å². The maximum atomic E-state index is 14.1. The second-order valence-electron chi connectivity index (χ2n) is 9.76. The lowest BCUT2D eigenvalue weighted by atomic mass is 9.89. The van der Waals surface area contributed by atoms with Gasteiger partial charge in [0.25, 0.3) is 0 Å². The number of nitrogens with zero attached hydrogens (tertiary/aromatic N) is 4. The maximum Gasteiger partial charge on any atom is 0.142 e. The fraction of sp³-hybridized carbons (Fsp3) is 0.542. The SMILES string of the molecule is CO[C@@H]1[C@@H](n2cc(-c3ccc(C)c(F)c3)nn2)[C@@H](O)[C@@H](CO)O[C@@H]1Cc1cc(C(C)(C)C)on1. The summed E-state index contributed by atoms with van der Waals surface area (Å²) in [6, 6.07) is 6.01. The van der Waals surface area contributed by atoms with Gasteiger partial charge >= 0.3 is 0 Å². The van der Waals surface area contributed by atoms with E-state index in [0.29, 0.717) is 28.9 Å². The van der Waals surface area contributed by atoms with Gasteiger partial charge in [-0.25, -0.2) is 9.07 Å². The van der Waals surface area contributed by atoms with Gasteiger partial charge in [0.2, 0.25) is 0 Å². The van der Waals surface area contributed by atoms with Crippen LogP contribution in [0.5, 0.6) is 0 Å². The molecule has 1 aliphatic heterocycles. The highest BCUT2D eigenvalue weighted by Crippen LogP contribution is 2.34. The van der Waals surface area contributed by atoms with Crippen molar-refractivity contribution in [2.45, 2.75) is 70.0 Å². The average molecular weight is 475 g/mol. The van der Waals surface area contributed by atoms with Crippen molar-refractivity contribution in [1.82, 2.24) is 20.2 Å². The van der Waals surface area contributed by atoms with Crippen LogP contribution in [0.25, 0.3) is 11.3 Å². The van der Waals surface area contributed by atoms with Crippen molar-refractivity contribution in [3.05, 3.63) is 53.3 Å². The molecule has 3 heterocycles. The van der Waals surface area contributed by atoms with Gasteiger partial charge in [-0.1, -0.05) is 43.3 Å². The number of hydrogen-bond acceptors (Lipinski definition) is 8. The highest BCUT2D eigenvalue weighted by Gasteiger charge is 2.47. The molecule has 1 aliphatic rings. The molecule has 1 fully saturated rings. The van der Waals surface area contributed by atoms with Gasteiger partial charge in [-0.05, 0) is 18.6 Å². The zero-order valence-electron chi connectivity index (χ0n) is 20.0. The van der Waals surface area contributed by atoms with Gasteiger partial charge in [0.05, 0.1) is 24.6 Å². The number of methoxy groups -OCH3 is 1. The number of aryl methyl sites for hydroxylation is 1. The number of ether oxygens (including phenoxy) is 2. The Bertz CT molecular complexity index is 1120. The summed E-state index contributed by atoms with van der Waals surface area (Å²) in [4.78, 5) is 0. The van der Waals surface area contributed by atoms with Crippen molar-refractivity contribution in [3.63, 3.8) is 0 Å². The summed E-state index contributed by atoms with van der Waals surface area (Å²) in [5, 5.41) is 33.4. The van der Waals surface area contributed by atoms with E-state index in [1.54, 1.807) is 25.3 Å². The Morgan fingerprint density at radius 1 is 1.21 bits per heavy atom. The number of hydrogen-bond donors (Lipinski definition) is 2. The van der Waals surface area contributed by atoms with Crippen LogP contribution in [0.15, 0.2) is 35.0 Å². The highest BCUT2D eigenvalue weighted by molar-refractivity contribution is 5.58. The summed E-state index contributed by atoms with van der Waals surface area (Å²) in [5.41, 5.74) is 2.04. The zero-order chi connectivity index (χ0) is 24.6. The third kappa shape index (κ3) is 4.76. The van der Waals surface area contributed by atoms with E-state index < -0.39 is 30.5 Å². The average Bonchev–Trinajstić information content (AvgIpc) is 3.46. The molecule has 4 rings (SSSR count). The molecular formula is C24H31FN4O5. The second kappa shape index (κ2) is 9.53. The predicted molar refractivity (Wildman–Crippen MR) is 121 cm³/mol. The smallest absolute Gasteiger partial charge is 0.142 e. The standard InChI is InChI=1S/C24H31FN4O5/c1-13-6-7-14(8-16(13)25)17-11-29(28-26-17)21-22(31)19(12-30)33-18(23(21)32-5)9-15-10-20(34-27-15)24(2,3)4/h6-8,10-11,18-19,21-23,30-31H,9,12H2,1-5H3/t18-,19-,21+,22+,23+/m1/s1. The van der Waals surface area contributed by atoms with Gasteiger partial charge in [-0.15, -0.1) is 5.10 Å². The number of rotatable bonds is 6. The van der Waals surface area contributed by atoms with E-state index >= 15 is 0 Å². The Morgan fingerprint density at radius 3 is 2.59 bits per heavy atom. The van der Waals surface area contributed by atoms with Crippen LogP contribution in [0, 0.1) is 12.7 Å². The summed E-state index contributed by atoms with van der Waals surface area (Å²) in [6.07, 6.45) is -1.16. The summed E-state index contributed by atoms with van der Waals surface area (Å²) in [7, 11) is 1.52. The summed E-state index contributed by atoms with van der Waals surface area (Å²) >= 11 is 0. The first kappa shape index (κ1) is 24.5. The molecular weight excluding hydrogens is 443 g/mol. The summed E-state index contributed by atoms with van der Waals surface area (Å²) < 4.78 is 32.8. The van der Waals surface area contributed by atoms with E-state index in [-0.39, 0.29) is 17.8 Å². The fourth-order valence-corrected chi connectivity index (χ4v) is 4.20. The van der Waals surface area contributed by atoms with E-state index in [0.717, 1.165) is 5.76 Å². The van der Waals surface area contributed by atoms with Gasteiger partial charge in [0.15, 0.2) is 0 Å². The van der Waals surface area contributed by atoms with E-state index in [1.807, 2.05) is 26.8 Å². The Hall–Kier alpha value is -2.66. The van der Waals surface area contributed by atoms with Crippen LogP contribution >= 0.6 is 0 Å². The molecule has 0 unspecified atom stereocenters. The molecule has 0 spiro atoms. The molecule has 2 aromatic heterocycles. The lowest BCUT2D eigenvalue weighted by Gasteiger charge is -2.43. The summed E-state index contributed by atoms with van der Waals surface area (Å²) in [5.74, 6) is 0.407. The first-order valence-corrected chi connectivity index (χ1v) is 11.2. The largest absolute Gasteiger partial charge is 0.394 e. The third-order valence-electron chi connectivity index (χ3n) is 6.23. The molecule has 184 valence electrons. The molecule has 34 heavy (non-hydrogen) atoms. The Labute approximate surface area is 197 Å². The van der Waals surface area contributed by atoms with Crippen LogP contribution in [-0.2, 0) is 21.3 Å². The molecule has 1 saturated heterocycles. The van der Waals surface area contributed by atoms with Crippen molar-refractivity contribution >= 4 is 0 Å². The zero-order valence-corrected chi connectivity index (χ0v) is 20.0. The van der Waals surface area contributed by atoms with Crippen molar-refractivity contribution < 1.29 is 28.6 Å². The van der Waals surface area contributed by atoms with Gasteiger partial charge in [0, 0.05) is 30.6 Å². The minimum absolute atomic E-state index is 0.196. The van der Waals surface area contributed by atoms with E-state index in [9.17, 15) is 14.6 Å². The number of aliphatic hydroxyl groups excluding tert-OH is 2. The van der Waals surface area contributed by atoms with E-state index in [4.69, 9.17) is 14.0 Å². The number of aliphatic hydroxyl groups is 2. The van der Waals surface area contributed by atoms with Gasteiger partial charge in [0.1, 0.15) is 41.6 Å². The van der Waals surface area contributed by atoms with Crippen LogP contribution < -0.4 is 0 Å². The van der Waals surface area contributed by atoms with Gasteiger partial charge < -0.3 is 24.2 Å². The summed E-state index contributed by atoms with van der Waals surface area (Å²) in [6.45, 7) is 7.39. The Morgan fingerprint density at radius 2 is 1.97 bits per heavy atom. The minimum Gasteiger partial charge on any atom is -0.394 e. The van der Waals surface area contributed by atoms with Crippen LogP contribution in [-0.4, -0.2) is 68.5 Å². The fourth-order valence-electron chi connectivity index (χ4n) is 4.20. The first-order chi connectivity index (χ1) is 16.1. The maximum absolute atomic E-state index is 14.1. The molecule has 10 heteroatoms. The molecule has 0 radical (unpaired) electrons. The normalized spacial score (nSPS) is 25.6.